The molecule has 156 valence electrons. The van der Waals surface area contributed by atoms with Crippen LogP contribution in [0.5, 0.6) is 0 Å². The van der Waals surface area contributed by atoms with Crippen molar-refractivity contribution in [3.05, 3.63) is 54.4 Å². The first kappa shape index (κ1) is 20.5. The molecule has 0 bridgehead atoms. The molecule has 0 unspecified atom stereocenters. The van der Waals surface area contributed by atoms with Crippen molar-refractivity contribution in [2.24, 2.45) is 0 Å². The number of fused-ring (bicyclic) bond motifs is 1. The summed E-state index contributed by atoms with van der Waals surface area (Å²) in [4.78, 5) is 4.93. The standard InChI is InChI=1S/C19H21N7O2S2/c1-4-25-17-11-10-15(30(27,28)24(2)3)12-16(17)20-18(25)13-29-19-21-22-23-26(19)14-8-6-5-7-9-14/h5-12H,4,13H2,1-3H3. The lowest BCUT2D eigenvalue weighted by molar-refractivity contribution is 0.521. The Hall–Kier alpha value is -2.76. The molecule has 0 atom stereocenters. The first-order valence-corrected chi connectivity index (χ1v) is 11.7. The fraction of sp³-hybridized carbons (Fsp3) is 0.263. The number of para-hydroxylation sites is 1. The Balaban J connectivity index is 1.65. The molecule has 0 N–H and O–H groups in total. The number of aromatic nitrogens is 6. The van der Waals surface area contributed by atoms with Crippen LogP contribution in [-0.2, 0) is 22.3 Å². The summed E-state index contributed by atoms with van der Waals surface area (Å²) in [6, 6.07) is 14.7. The van der Waals surface area contributed by atoms with E-state index in [9.17, 15) is 8.42 Å². The summed E-state index contributed by atoms with van der Waals surface area (Å²) in [5, 5.41) is 12.7. The van der Waals surface area contributed by atoms with Gasteiger partial charge in [-0.1, -0.05) is 30.0 Å². The smallest absolute Gasteiger partial charge is 0.242 e. The zero-order chi connectivity index (χ0) is 21.3. The highest BCUT2D eigenvalue weighted by Crippen LogP contribution is 2.26. The molecule has 0 radical (unpaired) electrons. The van der Waals surface area contributed by atoms with Crippen molar-refractivity contribution in [3.63, 3.8) is 0 Å². The Morgan fingerprint density at radius 1 is 1.10 bits per heavy atom. The van der Waals surface area contributed by atoms with Crippen LogP contribution in [-0.4, -0.2) is 56.6 Å². The highest BCUT2D eigenvalue weighted by molar-refractivity contribution is 7.98. The molecule has 0 spiro atoms. The maximum Gasteiger partial charge on any atom is 0.242 e. The number of nitrogens with zero attached hydrogens (tertiary/aromatic N) is 7. The molecule has 2 heterocycles. The minimum Gasteiger partial charge on any atom is -0.328 e. The van der Waals surface area contributed by atoms with Gasteiger partial charge in [-0.2, -0.15) is 4.68 Å². The topological polar surface area (TPSA) is 98.8 Å². The van der Waals surface area contributed by atoms with E-state index in [0.717, 1.165) is 23.6 Å². The van der Waals surface area contributed by atoms with Crippen LogP contribution in [0.2, 0.25) is 0 Å². The summed E-state index contributed by atoms with van der Waals surface area (Å²) in [6.07, 6.45) is 0. The zero-order valence-corrected chi connectivity index (χ0v) is 18.4. The van der Waals surface area contributed by atoms with Gasteiger partial charge in [0.05, 0.1) is 27.4 Å². The molecule has 30 heavy (non-hydrogen) atoms. The monoisotopic (exact) mass is 443 g/mol. The molecule has 0 aliphatic heterocycles. The average Bonchev–Trinajstić information content (AvgIpc) is 3.36. The van der Waals surface area contributed by atoms with Gasteiger partial charge in [-0.05, 0) is 47.7 Å². The predicted molar refractivity (Wildman–Crippen MR) is 115 cm³/mol. The molecular weight excluding hydrogens is 422 g/mol. The minimum atomic E-state index is -3.51. The van der Waals surface area contributed by atoms with Gasteiger partial charge >= 0.3 is 0 Å². The first-order valence-electron chi connectivity index (χ1n) is 9.30. The molecular formula is C19H21N7O2S2. The van der Waals surface area contributed by atoms with Gasteiger partial charge in [0.2, 0.25) is 15.2 Å². The SMILES string of the molecule is CCn1c(CSc2nnnn2-c2ccccc2)nc2cc(S(=O)(=O)N(C)C)ccc21. The van der Waals surface area contributed by atoms with E-state index in [1.807, 2.05) is 43.3 Å². The number of hydrogen-bond donors (Lipinski definition) is 0. The fourth-order valence-electron chi connectivity index (χ4n) is 3.12. The van der Waals surface area contributed by atoms with E-state index in [1.165, 1.54) is 30.2 Å². The second-order valence-electron chi connectivity index (χ2n) is 6.71. The Kier molecular flexibility index (Phi) is 5.58. The van der Waals surface area contributed by atoms with Crippen LogP contribution in [0.3, 0.4) is 0 Å². The Morgan fingerprint density at radius 2 is 1.87 bits per heavy atom. The Labute approximate surface area is 178 Å². The van der Waals surface area contributed by atoms with E-state index >= 15 is 0 Å². The summed E-state index contributed by atoms with van der Waals surface area (Å²) in [6.45, 7) is 2.75. The number of aryl methyl sites for hydroxylation is 1. The van der Waals surface area contributed by atoms with Gasteiger partial charge in [-0.3, -0.25) is 0 Å². The lowest BCUT2D eigenvalue weighted by atomic mass is 10.3. The summed E-state index contributed by atoms with van der Waals surface area (Å²) in [5.41, 5.74) is 2.43. The van der Waals surface area contributed by atoms with Crippen molar-refractivity contribution in [1.29, 1.82) is 0 Å². The van der Waals surface area contributed by atoms with E-state index in [0.29, 0.717) is 16.4 Å². The predicted octanol–water partition coefficient (Wildman–Crippen LogP) is 2.57. The van der Waals surface area contributed by atoms with E-state index in [2.05, 4.69) is 20.1 Å². The highest BCUT2D eigenvalue weighted by atomic mass is 32.2. The number of sulfonamides is 1. The van der Waals surface area contributed by atoms with Crippen LogP contribution < -0.4 is 0 Å². The molecule has 9 nitrogen and oxygen atoms in total. The van der Waals surface area contributed by atoms with Crippen molar-refractivity contribution in [1.82, 2.24) is 34.1 Å². The van der Waals surface area contributed by atoms with Gasteiger partial charge in [0.1, 0.15) is 5.82 Å². The van der Waals surface area contributed by atoms with Gasteiger partial charge in [0.25, 0.3) is 0 Å². The molecule has 4 rings (SSSR count). The third-order valence-corrected chi connectivity index (χ3v) is 7.39. The van der Waals surface area contributed by atoms with Crippen LogP contribution in [0.25, 0.3) is 16.7 Å². The van der Waals surface area contributed by atoms with Crippen molar-refractivity contribution in [2.45, 2.75) is 29.3 Å². The van der Waals surface area contributed by atoms with Gasteiger partial charge in [0.15, 0.2) is 0 Å². The van der Waals surface area contributed by atoms with E-state index in [1.54, 1.807) is 16.8 Å². The van der Waals surface area contributed by atoms with Gasteiger partial charge < -0.3 is 4.57 Å². The van der Waals surface area contributed by atoms with Gasteiger partial charge in [0, 0.05) is 20.6 Å². The molecule has 2 aromatic heterocycles. The Bertz CT molecular complexity index is 1280. The summed E-state index contributed by atoms with van der Waals surface area (Å²) in [7, 11) is -0.480. The lowest BCUT2D eigenvalue weighted by Crippen LogP contribution is -2.22. The maximum atomic E-state index is 12.5. The molecule has 0 saturated carbocycles. The summed E-state index contributed by atoms with van der Waals surface area (Å²) < 4.78 is 29.9. The van der Waals surface area contributed by atoms with Crippen molar-refractivity contribution >= 4 is 32.8 Å². The molecule has 4 aromatic rings. The van der Waals surface area contributed by atoms with E-state index in [-0.39, 0.29) is 4.90 Å². The highest BCUT2D eigenvalue weighted by Gasteiger charge is 2.20. The average molecular weight is 444 g/mol. The second kappa shape index (κ2) is 8.17. The maximum absolute atomic E-state index is 12.5. The molecule has 2 aromatic carbocycles. The quantitative estimate of drug-likeness (QED) is 0.405. The van der Waals surface area contributed by atoms with Crippen LogP contribution in [0.1, 0.15) is 12.7 Å². The second-order valence-corrected chi connectivity index (χ2v) is 9.80. The zero-order valence-electron chi connectivity index (χ0n) is 16.8. The van der Waals surface area contributed by atoms with Gasteiger partial charge in [-0.15, -0.1) is 5.10 Å². The number of imidazole rings is 1. The number of hydrogen-bond acceptors (Lipinski definition) is 7. The van der Waals surface area contributed by atoms with Crippen LogP contribution >= 0.6 is 11.8 Å². The third-order valence-electron chi connectivity index (χ3n) is 4.67. The van der Waals surface area contributed by atoms with Crippen LogP contribution in [0.15, 0.2) is 58.6 Å². The number of thioether (sulfide) groups is 1. The third kappa shape index (κ3) is 3.71. The lowest BCUT2D eigenvalue weighted by Gasteiger charge is -2.11. The number of benzene rings is 2. The fourth-order valence-corrected chi connectivity index (χ4v) is 4.88. The molecule has 0 saturated heterocycles. The van der Waals surface area contributed by atoms with Crippen molar-refractivity contribution in [2.75, 3.05) is 14.1 Å². The largest absolute Gasteiger partial charge is 0.328 e. The molecule has 0 fully saturated rings. The molecule has 0 aliphatic rings. The van der Waals surface area contributed by atoms with Crippen molar-refractivity contribution in [3.8, 4) is 5.69 Å². The van der Waals surface area contributed by atoms with Gasteiger partial charge in [-0.25, -0.2) is 17.7 Å². The number of tetrazole rings is 1. The van der Waals surface area contributed by atoms with Crippen molar-refractivity contribution < 1.29 is 8.42 Å². The van der Waals surface area contributed by atoms with E-state index < -0.39 is 10.0 Å². The first-order chi connectivity index (χ1) is 14.4. The van der Waals surface area contributed by atoms with Crippen LogP contribution in [0.4, 0.5) is 0 Å². The number of rotatable bonds is 7. The summed E-state index contributed by atoms with van der Waals surface area (Å²) in [5.74, 6) is 1.38. The molecule has 0 amide bonds. The Morgan fingerprint density at radius 3 is 2.57 bits per heavy atom. The van der Waals surface area contributed by atoms with Crippen LogP contribution in [0, 0.1) is 0 Å². The minimum absolute atomic E-state index is 0.230. The normalized spacial score (nSPS) is 12.1. The molecule has 0 aliphatic carbocycles. The van der Waals surface area contributed by atoms with E-state index in [4.69, 9.17) is 4.98 Å². The molecule has 11 heteroatoms. The summed E-state index contributed by atoms with van der Waals surface area (Å²) >= 11 is 1.48.